The van der Waals surface area contributed by atoms with E-state index in [1.54, 1.807) is 24.3 Å². The zero-order valence-electron chi connectivity index (χ0n) is 13.7. The van der Waals surface area contributed by atoms with Gasteiger partial charge in [-0.1, -0.05) is 41.9 Å². The molecule has 2 unspecified atom stereocenters. The zero-order chi connectivity index (χ0) is 17.8. The molecule has 1 heterocycles. The molecule has 0 radical (unpaired) electrons. The largest absolute Gasteiger partial charge is 0.480 e. The van der Waals surface area contributed by atoms with Crippen molar-refractivity contribution in [3.63, 3.8) is 0 Å². The first-order chi connectivity index (χ1) is 12.1. The van der Waals surface area contributed by atoms with Crippen LogP contribution in [0.25, 0.3) is 0 Å². The Morgan fingerprint density at radius 2 is 1.96 bits per heavy atom. The highest BCUT2D eigenvalue weighted by molar-refractivity contribution is 6.30. The molecule has 1 N–H and O–H groups in total. The van der Waals surface area contributed by atoms with Crippen LogP contribution in [0.2, 0.25) is 5.02 Å². The lowest BCUT2D eigenvalue weighted by Crippen LogP contribution is -2.40. The predicted octanol–water partition coefficient (Wildman–Crippen LogP) is 3.06. The van der Waals surface area contributed by atoms with Gasteiger partial charge < -0.3 is 14.8 Å². The van der Waals surface area contributed by atoms with Crippen molar-refractivity contribution in [2.45, 2.75) is 25.0 Å². The quantitative estimate of drug-likeness (QED) is 0.833. The van der Waals surface area contributed by atoms with Crippen LogP contribution in [0.3, 0.4) is 0 Å². The first kappa shape index (κ1) is 17.3. The van der Waals surface area contributed by atoms with Gasteiger partial charge in [-0.15, -0.1) is 0 Å². The number of carbonyl (C=O) groups is 2. The van der Waals surface area contributed by atoms with Gasteiger partial charge in [0.15, 0.2) is 6.10 Å². The van der Waals surface area contributed by atoms with E-state index in [2.05, 4.69) is 5.32 Å². The van der Waals surface area contributed by atoms with Gasteiger partial charge in [0.1, 0.15) is 5.75 Å². The molecule has 130 valence electrons. The van der Waals surface area contributed by atoms with E-state index in [0.29, 0.717) is 11.4 Å². The molecule has 0 aromatic heterocycles. The van der Waals surface area contributed by atoms with E-state index >= 15 is 0 Å². The number of methoxy groups -OCH3 is 1. The number of nitrogens with one attached hydrogen (secondary N) is 1. The minimum absolute atomic E-state index is 0.0313. The molecule has 2 aromatic rings. The smallest absolute Gasteiger partial charge is 0.307 e. The van der Waals surface area contributed by atoms with Crippen molar-refractivity contribution in [1.82, 2.24) is 5.32 Å². The maximum atomic E-state index is 12.6. The van der Waals surface area contributed by atoms with Crippen LogP contribution in [-0.2, 0) is 20.7 Å². The molecular weight excluding hydrogens is 342 g/mol. The van der Waals surface area contributed by atoms with Gasteiger partial charge in [0.05, 0.1) is 19.6 Å². The van der Waals surface area contributed by atoms with Gasteiger partial charge in [-0.25, -0.2) is 0 Å². The highest BCUT2D eigenvalue weighted by atomic mass is 35.5. The number of amides is 1. The van der Waals surface area contributed by atoms with Crippen molar-refractivity contribution in [2.75, 3.05) is 7.11 Å². The second-order valence-electron chi connectivity index (χ2n) is 5.81. The predicted molar refractivity (Wildman–Crippen MR) is 93.5 cm³/mol. The van der Waals surface area contributed by atoms with Crippen LogP contribution in [0.5, 0.6) is 5.75 Å². The fourth-order valence-electron chi connectivity index (χ4n) is 2.79. The summed E-state index contributed by atoms with van der Waals surface area (Å²) in [5.74, 6) is 0.0505. The lowest BCUT2D eigenvalue weighted by atomic mass is 10.0. The van der Waals surface area contributed by atoms with Crippen LogP contribution in [0.15, 0.2) is 48.5 Å². The molecule has 1 amide bonds. The molecule has 0 saturated heterocycles. The molecule has 1 aliphatic rings. The van der Waals surface area contributed by atoms with E-state index in [-0.39, 0.29) is 12.3 Å². The average Bonchev–Trinajstić information content (AvgIpc) is 3.06. The molecule has 6 heteroatoms. The third kappa shape index (κ3) is 4.12. The summed E-state index contributed by atoms with van der Waals surface area (Å²) in [5, 5.41) is 3.47. The molecule has 2 aromatic carbocycles. The van der Waals surface area contributed by atoms with E-state index in [1.807, 2.05) is 24.3 Å². The van der Waals surface area contributed by atoms with Crippen molar-refractivity contribution in [3.8, 4) is 5.75 Å². The van der Waals surface area contributed by atoms with Gasteiger partial charge in [0, 0.05) is 11.4 Å². The van der Waals surface area contributed by atoms with Crippen LogP contribution in [0.4, 0.5) is 0 Å². The maximum absolute atomic E-state index is 12.6. The Hall–Kier alpha value is -2.53. The molecule has 1 aliphatic heterocycles. The Labute approximate surface area is 150 Å². The van der Waals surface area contributed by atoms with Gasteiger partial charge in [-0.05, 0) is 29.3 Å². The second-order valence-corrected chi connectivity index (χ2v) is 6.25. The standard InChI is InChI=1S/C19H18ClNO4/c1-24-18(22)11-15(12-6-8-14(20)9-7-12)21-19(23)17-10-13-4-2-3-5-16(13)25-17/h2-9,15,17H,10-11H2,1H3,(H,21,23). The maximum Gasteiger partial charge on any atom is 0.307 e. The molecule has 25 heavy (non-hydrogen) atoms. The van der Waals surface area contributed by atoms with E-state index in [1.165, 1.54) is 7.11 Å². The Morgan fingerprint density at radius 3 is 2.64 bits per heavy atom. The summed E-state index contributed by atoms with van der Waals surface area (Å²) < 4.78 is 10.4. The fourth-order valence-corrected chi connectivity index (χ4v) is 2.92. The monoisotopic (exact) mass is 359 g/mol. The minimum atomic E-state index is -0.607. The SMILES string of the molecule is COC(=O)CC(NC(=O)C1Cc2ccccc2O1)c1ccc(Cl)cc1. The molecule has 0 spiro atoms. The zero-order valence-corrected chi connectivity index (χ0v) is 14.5. The van der Waals surface area contributed by atoms with Crippen molar-refractivity contribution >= 4 is 23.5 Å². The summed E-state index contributed by atoms with van der Waals surface area (Å²) in [6.07, 6.45) is -0.0678. The van der Waals surface area contributed by atoms with Crippen molar-refractivity contribution in [2.24, 2.45) is 0 Å². The molecule has 0 aliphatic carbocycles. The van der Waals surface area contributed by atoms with Crippen LogP contribution in [-0.4, -0.2) is 25.1 Å². The Kier molecular flexibility index (Phi) is 5.24. The van der Waals surface area contributed by atoms with Gasteiger partial charge in [0.2, 0.25) is 0 Å². The number of carbonyl (C=O) groups excluding carboxylic acids is 2. The first-order valence-corrected chi connectivity index (χ1v) is 8.32. The van der Waals surface area contributed by atoms with Gasteiger partial charge in [-0.3, -0.25) is 9.59 Å². The average molecular weight is 360 g/mol. The van der Waals surface area contributed by atoms with Crippen LogP contribution < -0.4 is 10.1 Å². The number of benzene rings is 2. The summed E-state index contributed by atoms with van der Waals surface area (Å²) in [5.41, 5.74) is 1.78. The number of ether oxygens (including phenoxy) is 2. The third-order valence-corrected chi connectivity index (χ3v) is 4.38. The van der Waals surface area contributed by atoms with Crippen LogP contribution in [0.1, 0.15) is 23.6 Å². The second kappa shape index (κ2) is 7.57. The minimum Gasteiger partial charge on any atom is -0.480 e. The molecule has 2 atom stereocenters. The topological polar surface area (TPSA) is 64.6 Å². The summed E-state index contributed by atoms with van der Waals surface area (Å²) in [7, 11) is 1.32. The normalized spacial score (nSPS) is 16.5. The van der Waals surface area contributed by atoms with Crippen LogP contribution >= 0.6 is 11.6 Å². The summed E-state index contributed by atoms with van der Waals surface area (Å²) in [4.78, 5) is 24.3. The number of para-hydroxylation sites is 1. The van der Waals surface area contributed by atoms with Crippen molar-refractivity contribution in [3.05, 3.63) is 64.7 Å². The molecule has 3 rings (SSSR count). The van der Waals surface area contributed by atoms with E-state index in [4.69, 9.17) is 21.1 Å². The molecule has 0 fully saturated rings. The van der Waals surface area contributed by atoms with Crippen molar-refractivity contribution in [1.29, 1.82) is 0 Å². The number of hydrogen-bond acceptors (Lipinski definition) is 4. The number of rotatable bonds is 5. The summed E-state index contributed by atoms with van der Waals surface area (Å²) >= 11 is 5.91. The lowest BCUT2D eigenvalue weighted by molar-refractivity contribution is -0.141. The summed E-state index contributed by atoms with van der Waals surface area (Å²) in [6, 6.07) is 14.0. The lowest BCUT2D eigenvalue weighted by Gasteiger charge is -2.20. The number of fused-ring (bicyclic) bond motifs is 1. The molecule has 5 nitrogen and oxygen atoms in total. The van der Waals surface area contributed by atoms with Gasteiger partial charge >= 0.3 is 5.97 Å². The Balaban J connectivity index is 1.72. The highest BCUT2D eigenvalue weighted by Gasteiger charge is 2.31. The fraction of sp³-hybridized carbons (Fsp3) is 0.263. The number of esters is 1. The number of hydrogen-bond donors (Lipinski definition) is 1. The Bertz CT molecular complexity index is 750. The van der Waals surface area contributed by atoms with Gasteiger partial charge in [-0.2, -0.15) is 0 Å². The number of halogens is 1. The van der Waals surface area contributed by atoms with Gasteiger partial charge in [0.25, 0.3) is 5.91 Å². The molecule has 0 saturated carbocycles. The van der Waals surface area contributed by atoms with Crippen LogP contribution in [0, 0.1) is 0 Å². The van der Waals surface area contributed by atoms with Crippen molar-refractivity contribution < 1.29 is 19.1 Å². The van der Waals surface area contributed by atoms with E-state index in [9.17, 15) is 9.59 Å². The first-order valence-electron chi connectivity index (χ1n) is 7.94. The molecular formula is C19H18ClNO4. The van der Waals surface area contributed by atoms with E-state index in [0.717, 1.165) is 16.9 Å². The third-order valence-electron chi connectivity index (χ3n) is 4.13. The highest BCUT2D eigenvalue weighted by Crippen LogP contribution is 2.29. The van der Waals surface area contributed by atoms with E-state index < -0.39 is 18.1 Å². The Morgan fingerprint density at radius 1 is 1.24 bits per heavy atom. The molecule has 0 bridgehead atoms. The summed E-state index contributed by atoms with van der Waals surface area (Å²) in [6.45, 7) is 0.